The van der Waals surface area contributed by atoms with Crippen LogP contribution in [0.15, 0.2) is 54.6 Å². The molecule has 98 valence electrons. The maximum Gasteiger partial charge on any atom is 0.0654 e. The van der Waals surface area contributed by atoms with Crippen LogP contribution in [-0.4, -0.2) is 12.2 Å². The third-order valence-corrected chi connectivity index (χ3v) is 2.63. The second-order valence-electron chi connectivity index (χ2n) is 5.59. The van der Waals surface area contributed by atoms with Gasteiger partial charge in [0.2, 0.25) is 0 Å². The van der Waals surface area contributed by atoms with Gasteiger partial charge in [-0.2, -0.15) is 0 Å². The average molecular weight is 244 g/mol. The molecule has 0 aliphatic heterocycles. The van der Waals surface area contributed by atoms with Crippen molar-refractivity contribution >= 4 is 0 Å². The van der Waals surface area contributed by atoms with Gasteiger partial charge in [-0.3, -0.25) is 0 Å². The normalized spacial score (nSPS) is 13.8. The Labute approximate surface area is 111 Å². The van der Waals surface area contributed by atoms with Gasteiger partial charge < -0.3 is 4.74 Å². The van der Waals surface area contributed by atoms with Crippen LogP contribution in [0.1, 0.15) is 39.2 Å². The quantitative estimate of drug-likeness (QED) is 0.681. The minimum Gasteiger partial charge on any atom is -0.372 e. The molecule has 0 N–H and O–H groups in total. The van der Waals surface area contributed by atoms with Crippen molar-refractivity contribution in [2.75, 3.05) is 6.61 Å². The van der Waals surface area contributed by atoms with E-state index in [1.165, 1.54) is 5.56 Å². The first-order chi connectivity index (χ1) is 8.40. The van der Waals surface area contributed by atoms with Gasteiger partial charge in [0, 0.05) is 5.92 Å². The molecule has 0 aliphatic carbocycles. The highest BCUT2D eigenvalue weighted by Gasteiger charge is 2.10. The van der Waals surface area contributed by atoms with E-state index in [0.29, 0.717) is 6.61 Å². The lowest BCUT2D eigenvalue weighted by atomic mass is 9.93. The van der Waals surface area contributed by atoms with Crippen LogP contribution in [-0.2, 0) is 4.74 Å². The van der Waals surface area contributed by atoms with Crippen molar-refractivity contribution in [3.63, 3.8) is 0 Å². The molecule has 1 atom stereocenters. The van der Waals surface area contributed by atoms with Crippen molar-refractivity contribution in [3.05, 3.63) is 60.2 Å². The minimum absolute atomic E-state index is 0.0875. The van der Waals surface area contributed by atoms with Gasteiger partial charge in [0.1, 0.15) is 0 Å². The Morgan fingerprint density at radius 2 is 1.89 bits per heavy atom. The van der Waals surface area contributed by atoms with Crippen LogP contribution in [0.25, 0.3) is 0 Å². The Bertz CT molecular complexity index is 395. The molecule has 0 unspecified atom stereocenters. The Morgan fingerprint density at radius 1 is 1.28 bits per heavy atom. The smallest absolute Gasteiger partial charge is 0.0654 e. The van der Waals surface area contributed by atoms with Crippen LogP contribution < -0.4 is 0 Å². The van der Waals surface area contributed by atoms with E-state index < -0.39 is 0 Å². The summed E-state index contributed by atoms with van der Waals surface area (Å²) >= 11 is 0. The lowest BCUT2D eigenvalue weighted by Gasteiger charge is -2.18. The van der Waals surface area contributed by atoms with E-state index in [4.69, 9.17) is 4.74 Å². The summed E-state index contributed by atoms with van der Waals surface area (Å²) in [5.74, 6) is 0.273. The van der Waals surface area contributed by atoms with Gasteiger partial charge in [-0.1, -0.05) is 54.6 Å². The molecule has 0 radical (unpaired) electrons. The molecule has 1 aromatic carbocycles. The number of hydrogen-bond acceptors (Lipinski definition) is 1. The monoisotopic (exact) mass is 244 g/mol. The van der Waals surface area contributed by atoms with E-state index in [2.05, 4.69) is 70.7 Å². The van der Waals surface area contributed by atoms with Crippen LogP contribution in [0.3, 0.4) is 0 Å². The molecule has 0 fully saturated rings. The predicted octanol–water partition coefficient (Wildman–Crippen LogP) is 4.72. The molecule has 0 aliphatic rings. The number of allylic oxidation sites excluding steroid dienone is 2. The molecule has 0 heterocycles. The van der Waals surface area contributed by atoms with Gasteiger partial charge in [0.15, 0.2) is 0 Å². The molecule has 1 nitrogen and oxygen atoms in total. The summed E-state index contributed by atoms with van der Waals surface area (Å²) in [5, 5.41) is 0. The lowest BCUT2D eigenvalue weighted by molar-refractivity contribution is 0.0149. The van der Waals surface area contributed by atoms with Crippen LogP contribution in [0.2, 0.25) is 0 Å². The number of hydrogen-bond donors (Lipinski definition) is 0. The molecule has 18 heavy (non-hydrogen) atoms. The van der Waals surface area contributed by atoms with Gasteiger partial charge in [-0.15, -0.1) is 0 Å². The van der Waals surface area contributed by atoms with Gasteiger partial charge in [0.25, 0.3) is 0 Å². The third kappa shape index (κ3) is 5.33. The summed E-state index contributed by atoms with van der Waals surface area (Å²) in [6, 6.07) is 10.4. The van der Waals surface area contributed by atoms with Gasteiger partial charge in [0.05, 0.1) is 12.2 Å². The van der Waals surface area contributed by atoms with E-state index >= 15 is 0 Å². The standard InChI is InChI=1S/C17H24O/c1-14(2)16(15-10-7-6-8-11-15)12-9-13-18-17(3,4)5/h6-12,16H,1,13H2,2-5H3/b12-9-/t16-/m0/s1. The third-order valence-electron chi connectivity index (χ3n) is 2.63. The molecule has 0 saturated carbocycles. The van der Waals surface area contributed by atoms with E-state index in [0.717, 1.165) is 5.57 Å². The summed E-state index contributed by atoms with van der Waals surface area (Å²) in [5.41, 5.74) is 2.33. The molecular weight excluding hydrogens is 220 g/mol. The average Bonchev–Trinajstić information content (AvgIpc) is 2.28. The molecule has 0 saturated heterocycles. The zero-order valence-corrected chi connectivity index (χ0v) is 11.9. The fourth-order valence-electron chi connectivity index (χ4n) is 1.71. The van der Waals surface area contributed by atoms with Crippen molar-refractivity contribution in [1.29, 1.82) is 0 Å². The first-order valence-corrected chi connectivity index (χ1v) is 6.41. The summed E-state index contributed by atoms with van der Waals surface area (Å²) in [6.07, 6.45) is 4.25. The van der Waals surface area contributed by atoms with Crippen LogP contribution in [0.5, 0.6) is 0 Å². The van der Waals surface area contributed by atoms with Crippen LogP contribution >= 0.6 is 0 Å². The fourth-order valence-corrected chi connectivity index (χ4v) is 1.71. The molecule has 1 aromatic rings. The number of rotatable bonds is 5. The van der Waals surface area contributed by atoms with Crippen LogP contribution in [0.4, 0.5) is 0 Å². The van der Waals surface area contributed by atoms with Crippen molar-refractivity contribution in [2.45, 2.75) is 39.2 Å². The highest BCUT2D eigenvalue weighted by Crippen LogP contribution is 2.24. The van der Waals surface area contributed by atoms with Crippen molar-refractivity contribution in [3.8, 4) is 0 Å². The van der Waals surface area contributed by atoms with Crippen molar-refractivity contribution < 1.29 is 4.74 Å². The predicted molar refractivity (Wildman–Crippen MR) is 78.8 cm³/mol. The maximum absolute atomic E-state index is 5.68. The second-order valence-corrected chi connectivity index (χ2v) is 5.59. The summed E-state index contributed by atoms with van der Waals surface area (Å²) < 4.78 is 5.68. The molecule has 1 heteroatoms. The van der Waals surface area contributed by atoms with Crippen molar-refractivity contribution in [1.82, 2.24) is 0 Å². The first kappa shape index (κ1) is 14.7. The molecule has 1 rings (SSSR count). The maximum atomic E-state index is 5.68. The zero-order chi connectivity index (χ0) is 13.6. The fraction of sp³-hybridized carbons (Fsp3) is 0.412. The Morgan fingerprint density at radius 3 is 2.39 bits per heavy atom. The number of benzene rings is 1. The SMILES string of the molecule is C=C(C)[C@H](/C=C\COC(C)(C)C)c1ccccc1. The van der Waals surface area contributed by atoms with Crippen LogP contribution in [0, 0.1) is 0 Å². The Hall–Kier alpha value is -1.34. The van der Waals surface area contributed by atoms with E-state index in [1.54, 1.807) is 0 Å². The van der Waals surface area contributed by atoms with E-state index in [9.17, 15) is 0 Å². The van der Waals surface area contributed by atoms with E-state index in [-0.39, 0.29) is 11.5 Å². The summed E-state index contributed by atoms with van der Waals surface area (Å²) in [4.78, 5) is 0. The van der Waals surface area contributed by atoms with Gasteiger partial charge >= 0.3 is 0 Å². The van der Waals surface area contributed by atoms with Gasteiger partial charge in [-0.25, -0.2) is 0 Å². The molecule has 0 spiro atoms. The summed E-state index contributed by atoms with van der Waals surface area (Å²) in [7, 11) is 0. The second kappa shape index (κ2) is 6.55. The Balaban J connectivity index is 2.65. The highest BCUT2D eigenvalue weighted by molar-refractivity contribution is 5.31. The largest absolute Gasteiger partial charge is 0.372 e. The molecular formula is C17H24O. The number of ether oxygens (including phenoxy) is 1. The molecule has 0 aromatic heterocycles. The van der Waals surface area contributed by atoms with Crippen molar-refractivity contribution in [2.24, 2.45) is 0 Å². The highest BCUT2D eigenvalue weighted by atomic mass is 16.5. The minimum atomic E-state index is -0.0875. The van der Waals surface area contributed by atoms with Gasteiger partial charge in [-0.05, 0) is 33.3 Å². The molecule has 0 bridgehead atoms. The lowest BCUT2D eigenvalue weighted by Crippen LogP contribution is -2.18. The first-order valence-electron chi connectivity index (χ1n) is 6.41. The molecule has 0 amide bonds. The Kier molecular flexibility index (Phi) is 5.36. The summed E-state index contributed by atoms with van der Waals surface area (Å²) in [6.45, 7) is 13.0. The topological polar surface area (TPSA) is 9.23 Å². The van der Waals surface area contributed by atoms with E-state index in [1.807, 2.05) is 6.07 Å². The zero-order valence-electron chi connectivity index (χ0n) is 11.9.